The Bertz CT molecular complexity index is 683. The summed E-state index contributed by atoms with van der Waals surface area (Å²) in [6.45, 7) is 3.13. The number of methoxy groups -OCH3 is 1. The quantitative estimate of drug-likeness (QED) is 0.820. The summed E-state index contributed by atoms with van der Waals surface area (Å²) in [5, 5.41) is 3.88. The molecular formula is C17H20F3N3O2. The molecule has 1 fully saturated rings. The monoisotopic (exact) mass is 355 g/mol. The number of ether oxygens (including phenoxy) is 1. The first-order valence-corrected chi connectivity index (χ1v) is 8.17. The fourth-order valence-electron chi connectivity index (χ4n) is 3.10. The van der Waals surface area contributed by atoms with E-state index in [-0.39, 0.29) is 0 Å². The van der Waals surface area contributed by atoms with Gasteiger partial charge in [0.15, 0.2) is 0 Å². The highest BCUT2D eigenvalue weighted by molar-refractivity contribution is 5.54. The Morgan fingerprint density at radius 3 is 2.72 bits per heavy atom. The van der Waals surface area contributed by atoms with Gasteiger partial charge in [-0.3, -0.25) is 4.90 Å². The van der Waals surface area contributed by atoms with E-state index < -0.39 is 11.7 Å². The minimum atomic E-state index is -4.35. The lowest BCUT2D eigenvalue weighted by molar-refractivity contribution is -0.137. The topological polar surface area (TPSA) is 51.4 Å². The maximum absolute atomic E-state index is 12.6. The van der Waals surface area contributed by atoms with Gasteiger partial charge in [0.1, 0.15) is 0 Å². The van der Waals surface area contributed by atoms with Crippen LogP contribution in [0.4, 0.5) is 13.2 Å². The molecule has 0 N–H and O–H groups in total. The van der Waals surface area contributed by atoms with E-state index in [1.807, 2.05) is 0 Å². The minimum Gasteiger partial charge on any atom is -0.384 e. The summed E-state index contributed by atoms with van der Waals surface area (Å²) in [5.74, 6) is 1.26. The first-order chi connectivity index (χ1) is 12.0. The summed E-state index contributed by atoms with van der Waals surface area (Å²) in [7, 11) is 1.70. The maximum atomic E-state index is 12.6. The van der Waals surface area contributed by atoms with Crippen LogP contribution in [0.1, 0.15) is 24.3 Å². The lowest BCUT2D eigenvalue weighted by atomic mass is 9.99. The van der Waals surface area contributed by atoms with Gasteiger partial charge in [0, 0.05) is 19.2 Å². The molecule has 136 valence electrons. The van der Waals surface area contributed by atoms with Crippen LogP contribution in [0.5, 0.6) is 0 Å². The molecule has 1 aliphatic heterocycles. The molecular weight excluding hydrogens is 335 g/mol. The van der Waals surface area contributed by atoms with Gasteiger partial charge in [0.05, 0.1) is 18.7 Å². The predicted octanol–water partition coefficient (Wildman–Crippen LogP) is 3.61. The van der Waals surface area contributed by atoms with Crippen molar-refractivity contribution in [1.82, 2.24) is 15.0 Å². The van der Waals surface area contributed by atoms with Gasteiger partial charge in [0.2, 0.25) is 11.7 Å². The molecule has 1 aromatic carbocycles. The number of hydrogen-bond donors (Lipinski definition) is 0. The Hall–Kier alpha value is -1.93. The van der Waals surface area contributed by atoms with Crippen molar-refractivity contribution in [2.45, 2.75) is 25.6 Å². The molecule has 0 aliphatic carbocycles. The Morgan fingerprint density at radius 2 is 2.04 bits per heavy atom. The average Bonchev–Trinajstić information content (AvgIpc) is 3.03. The first-order valence-electron chi connectivity index (χ1n) is 8.17. The van der Waals surface area contributed by atoms with Crippen LogP contribution in [-0.4, -0.2) is 41.8 Å². The van der Waals surface area contributed by atoms with Crippen molar-refractivity contribution in [3.05, 3.63) is 35.7 Å². The number of piperidine rings is 1. The summed E-state index contributed by atoms with van der Waals surface area (Å²) < 4.78 is 48.3. The molecule has 0 amide bonds. The SMILES string of the molecule is COC[C@@H]1CCCN(Cc2nc(-c3ccc(C(F)(F)F)cc3)no2)C1. The number of likely N-dealkylation sites (tertiary alicyclic amines) is 1. The number of nitrogens with zero attached hydrogens (tertiary/aromatic N) is 3. The van der Waals surface area contributed by atoms with Crippen LogP contribution in [0.15, 0.2) is 28.8 Å². The third-order valence-electron chi connectivity index (χ3n) is 4.30. The lowest BCUT2D eigenvalue weighted by Crippen LogP contribution is -2.36. The van der Waals surface area contributed by atoms with Gasteiger partial charge in [-0.15, -0.1) is 0 Å². The van der Waals surface area contributed by atoms with Crippen LogP contribution in [0, 0.1) is 5.92 Å². The normalized spacial score (nSPS) is 19.3. The second-order valence-corrected chi connectivity index (χ2v) is 6.29. The maximum Gasteiger partial charge on any atom is 0.416 e. The Kier molecular flexibility index (Phi) is 5.39. The molecule has 5 nitrogen and oxygen atoms in total. The zero-order valence-corrected chi connectivity index (χ0v) is 13.9. The van der Waals surface area contributed by atoms with Crippen LogP contribution in [0.25, 0.3) is 11.4 Å². The molecule has 1 aromatic heterocycles. The third-order valence-corrected chi connectivity index (χ3v) is 4.30. The van der Waals surface area contributed by atoms with Crippen LogP contribution in [-0.2, 0) is 17.5 Å². The van der Waals surface area contributed by atoms with Crippen molar-refractivity contribution >= 4 is 0 Å². The molecule has 3 rings (SSSR count). The second kappa shape index (κ2) is 7.53. The molecule has 0 unspecified atom stereocenters. The Labute approximate surface area is 143 Å². The lowest BCUT2D eigenvalue weighted by Gasteiger charge is -2.31. The molecule has 0 bridgehead atoms. The molecule has 0 radical (unpaired) electrons. The summed E-state index contributed by atoms with van der Waals surface area (Å²) in [4.78, 5) is 6.54. The minimum absolute atomic E-state index is 0.300. The molecule has 2 aromatic rings. The molecule has 0 spiro atoms. The van der Waals surface area contributed by atoms with Gasteiger partial charge < -0.3 is 9.26 Å². The van der Waals surface area contributed by atoms with Crippen molar-refractivity contribution in [2.24, 2.45) is 5.92 Å². The largest absolute Gasteiger partial charge is 0.416 e. The zero-order chi connectivity index (χ0) is 17.9. The van der Waals surface area contributed by atoms with E-state index in [4.69, 9.17) is 9.26 Å². The summed E-state index contributed by atoms with van der Waals surface area (Å²) in [6, 6.07) is 4.75. The van der Waals surface area contributed by atoms with Gasteiger partial charge in [0.25, 0.3) is 0 Å². The van der Waals surface area contributed by atoms with E-state index >= 15 is 0 Å². The first kappa shape index (κ1) is 17.9. The number of hydrogen-bond acceptors (Lipinski definition) is 5. The highest BCUT2D eigenvalue weighted by atomic mass is 19.4. The van der Waals surface area contributed by atoms with E-state index in [9.17, 15) is 13.2 Å². The number of aromatic nitrogens is 2. The fourth-order valence-corrected chi connectivity index (χ4v) is 3.10. The smallest absolute Gasteiger partial charge is 0.384 e. The fraction of sp³-hybridized carbons (Fsp3) is 0.529. The number of alkyl halides is 3. The number of halogens is 3. The van der Waals surface area contributed by atoms with E-state index in [2.05, 4.69) is 15.0 Å². The van der Waals surface area contributed by atoms with Crippen molar-refractivity contribution in [1.29, 1.82) is 0 Å². The average molecular weight is 355 g/mol. The number of benzene rings is 1. The number of rotatable bonds is 5. The highest BCUT2D eigenvalue weighted by Gasteiger charge is 2.30. The standard InChI is InChI=1S/C17H20F3N3O2/c1-24-11-12-3-2-8-23(9-12)10-15-21-16(22-25-15)13-4-6-14(7-5-13)17(18,19)20/h4-7,12H,2-3,8-11H2,1H3/t12-/m1/s1. The molecule has 8 heteroatoms. The molecule has 25 heavy (non-hydrogen) atoms. The molecule has 1 saturated heterocycles. The van der Waals surface area contributed by atoms with Gasteiger partial charge in [-0.1, -0.05) is 17.3 Å². The van der Waals surface area contributed by atoms with Crippen LogP contribution in [0.2, 0.25) is 0 Å². The van der Waals surface area contributed by atoms with E-state index in [1.54, 1.807) is 7.11 Å². The van der Waals surface area contributed by atoms with Gasteiger partial charge >= 0.3 is 6.18 Å². The summed E-state index contributed by atoms with van der Waals surface area (Å²) in [5.41, 5.74) is -0.198. The molecule has 2 heterocycles. The van der Waals surface area contributed by atoms with E-state index in [0.717, 1.165) is 44.7 Å². The van der Waals surface area contributed by atoms with Crippen molar-refractivity contribution in [3.8, 4) is 11.4 Å². The zero-order valence-electron chi connectivity index (χ0n) is 13.9. The second-order valence-electron chi connectivity index (χ2n) is 6.29. The van der Waals surface area contributed by atoms with Gasteiger partial charge in [-0.2, -0.15) is 18.2 Å². The summed E-state index contributed by atoms with van der Waals surface area (Å²) in [6.07, 6.45) is -2.12. The van der Waals surface area contributed by atoms with Gasteiger partial charge in [-0.05, 0) is 37.4 Å². The van der Waals surface area contributed by atoms with Crippen LogP contribution < -0.4 is 0 Å². The van der Waals surface area contributed by atoms with E-state index in [1.165, 1.54) is 12.1 Å². The summed E-state index contributed by atoms with van der Waals surface area (Å²) >= 11 is 0. The Balaban J connectivity index is 1.64. The molecule has 0 saturated carbocycles. The molecule has 1 aliphatic rings. The van der Waals surface area contributed by atoms with Gasteiger partial charge in [-0.25, -0.2) is 0 Å². The molecule has 1 atom stereocenters. The van der Waals surface area contributed by atoms with Crippen LogP contribution >= 0.6 is 0 Å². The van der Waals surface area contributed by atoms with Crippen molar-refractivity contribution in [2.75, 3.05) is 26.8 Å². The van der Waals surface area contributed by atoms with Crippen molar-refractivity contribution in [3.63, 3.8) is 0 Å². The Morgan fingerprint density at radius 1 is 1.28 bits per heavy atom. The highest BCUT2D eigenvalue weighted by Crippen LogP contribution is 2.30. The third kappa shape index (κ3) is 4.58. The van der Waals surface area contributed by atoms with Crippen LogP contribution in [0.3, 0.4) is 0 Å². The van der Waals surface area contributed by atoms with Crippen molar-refractivity contribution < 1.29 is 22.4 Å². The predicted molar refractivity (Wildman–Crippen MR) is 84.6 cm³/mol. The van der Waals surface area contributed by atoms with E-state index in [0.29, 0.717) is 29.7 Å².